The fourth-order valence-corrected chi connectivity index (χ4v) is 3.73. The average molecular weight is 322 g/mol. The largest absolute Gasteiger partial charge is 0.341 e. The molecule has 1 saturated heterocycles. The SMILES string of the molecule is CC(C)(C(=O)N1C[C@@H](CN)[C@H](c2ccccc2)C1)c1ccccc1. The lowest BCUT2D eigenvalue weighted by molar-refractivity contribution is -0.135. The minimum absolute atomic E-state index is 0.186. The van der Waals surface area contributed by atoms with Gasteiger partial charge in [0, 0.05) is 19.0 Å². The molecule has 0 bridgehead atoms. The van der Waals surface area contributed by atoms with E-state index >= 15 is 0 Å². The molecule has 1 heterocycles. The molecule has 3 nitrogen and oxygen atoms in total. The highest BCUT2D eigenvalue weighted by molar-refractivity contribution is 5.87. The van der Waals surface area contributed by atoms with Gasteiger partial charge in [0.2, 0.25) is 5.91 Å². The number of amides is 1. The van der Waals surface area contributed by atoms with E-state index in [-0.39, 0.29) is 5.91 Å². The lowest BCUT2D eigenvalue weighted by Gasteiger charge is -2.30. The third-order valence-electron chi connectivity index (χ3n) is 5.29. The number of rotatable bonds is 4. The fraction of sp³-hybridized carbons (Fsp3) is 0.381. The van der Waals surface area contributed by atoms with E-state index in [9.17, 15) is 4.79 Å². The Morgan fingerprint density at radius 2 is 1.62 bits per heavy atom. The molecule has 2 N–H and O–H groups in total. The summed E-state index contributed by atoms with van der Waals surface area (Å²) in [5.41, 5.74) is 7.82. The zero-order valence-electron chi connectivity index (χ0n) is 14.5. The Hall–Kier alpha value is -2.13. The van der Waals surface area contributed by atoms with Crippen LogP contribution in [0.1, 0.15) is 30.9 Å². The van der Waals surface area contributed by atoms with Gasteiger partial charge in [-0.25, -0.2) is 0 Å². The highest BCUT2D eigenvalue weighted by Crippen LogP contribution is 2.35. The van der Waals surface area contributed by atoms with Gasteiger partial charge in [0.05, 0.1) is 5.41 Å². The summed E-state index contributed by atoms with van der Waals surface area (Å²) in [5.74, 6) is 0.834. The molecule has 1 aliphatic rings. The van der Waals surface area contributed by atoms with Crippen LogP contribution < -0.4 is 5.73 Å². The van der Waals surface area contributed by atoms with Crippen LogP contribution >= 0.6 is 0 Å². The molecule has 0 spiro atoms. The van der Waals surface area contributed by atoms with Gasteiger partial charge in [-0.15, -0.1) is 0 Å². The van der Waals surface area contributed by atoms with Gasteiger partial charge < -0.3 is 10.6 Å². The number of nitrogens with two attached hydrogens (primary N) is 1. The molecule has 2 aromatic carbocycles. The summed E-state index contributed by atoms with van der Waals surface area (Å²) in [5, 5.41) is 0. The molecule has 126 valence electrons. The van der Waals surface area contributed by atoms with Crippen molar-refractivity contribution in [2.75, 3.05) is 19.6 Å². The Morgan fingerprint density at radius 3 is 2.21 bits per heavy atom. The van der Waals surface area contributed by atoms with Gasteiger partial charge in [-0.05, 0) is 37.4 Å². The highest BCUT2D eigenvalue weighted by Gasteiger charge is 2.41. The number of carbonyl (C=O) groups is 1. The van der Waals surface area contributed by atoms with E-state index in [4.69, 9.17) is 5.73 Å². The molecule has 2 aromatic rings. The summed E-state index contributed by atoms with van der Waals surface area (Å²) in [6.45, 7) is 6.12. The fourth-order valence-electron chi connectivity index (χ4n) is 3.73. The molecule has 24 heavy (non-hydrogen) atoms. The monoisotopic (exact) mass is 322 g/mol. The predicted molar refractivity (Wildman–Crippen MR) is 97.8 cm³/mol. The normalized spacial score (nSPS) is 21.0. The van der Waals surface area contributed by atoms with Crippen LogP contribution in [-0.4, -0.2) is 30.4 Å². The number of hydrogen-bond donors (Lipinski definition) is 1. The van der Waals surface area contributed by atoms with Crippen molar-refractivity contribution in [2.45, 2.75) is 25.2 Å². The van der Waals surface area contributed by atoms with Gasteiger partial charge in [0.15, 0.2) is 0 Å². The molecule has 1 fully saturated rings. The van der Waals surface area contributed by atoms with E-state index in [0.29, 0.717) is 18.4 Å². The number of hydrogen-bond acceptors (Lipinski definition) is 2. The molecule has 3 heteroatoms. The average Bonchev–Trinajstić information content (AvgIpc) is 3.06. The van der Waals surface area contributed by atoms with Gasteiger partial charge in [0.1, 0.15) is 0 Å². The zero-order valence-corrected chi connectivity index (χ0v) is 14.5. The van der Waals surface area contributed by atoms with Crippen LogP contribution in [0.3, 0.4) is 0 Å². The van der Waals surface area contributed by atoms with Gasteiger partial charge in [-0.3, -0.25) is 4.79 Å². The van der Waals surface area contributed by atoms with Crippen molar-refractivity contribution in [2.24, 2.45) is 11.7 Å². The second-order valence-electron chi connectivity index (χ2n) is 7.21. The van der Waals surface area contributed by atoms with Crippen molar-refractivity contribution in [3.63, 3.8) is 0 Å². The first-order valence-corrected chi connectivity index (χ1v) is 8.64. The first-order valence-electron chi connectivity index (χ1n) is 8.64. The van der Waals surface area contributed by atoms with Crippen LogP contribution in [-0.2, 0) is 10.2 Å². The summed E-state index contributed by atoms with van der Waals surface area (Å²) in [6, 6.07) is 20.4. The quantitative estimate of drug-likeness (QED) is 0.940. The van der Waals surface area contributed by atoms with Crippen LogP contribution in [0, 0.1) is 5.92 Å². The maximum Gasteiger partial charge on any atom is 0.232 e. The lowest BCUT2D eigenvalue weighted by atomic mass is 9.83. The molecule has 0 aromatic heterocycles. The Morgan fingerprint density at radius 1 is 1.04 bits per heavy atom. The molecule has 1 amide bonds. The Kier molecular flexibility index (Phi) is 4.72. The third-order valence-corrected chi connectivity index (χ3v) is 5.29. The van der Waals surface area contributed by atoms with Crippen molar-refractivity contribution >= 4 is 5.91 Å². The Bertz CT molecular complexity index is 681. The summed E-state index contributed by atoms with van der Waals surface area (Å²) in [7, 11) is 0. The van der Waals surface area contributed by atoms with E-state index in [1.165, 1.54) is 5.56 Å². The molecule has 1 aliphatic heterocycles. The zero-order chi connectivity index (χ0) is 17.2. The van der Waals surface area contributed by atoms with Crippen molar-refractivity contribution in [3.8, 4) is 0 Å². The molecule has 3 rings (SSSR count). The first kappa shape index (κ1) is 16.7. The van der Waals surface area contributed by atoms with Crippen LogP contribution in [0.4, 0.5) is 0 Å². The smallest absolute Gasteiger partial charge is 0.232 e. The van der Waals surface area contributed by atoms with E-state index in [0.717, 1.165) is 18.7 Å². The molecular formula is C21H26N2O. The second-order valence-corrected chi connectivity index (χ2v) is 7.21. The summed E-state index contributed by atoms with van der Waals surface area (Å²) in [4.78, 5) is 15.2. The van der Waals surface area contributed by atoms with Crippen molar-refractivity contribution < 1.29 is 4.79 Å². The lowest BCUT2D eigenvalue weighted by Crippen LogP contribution is -2.42. The third kappa shape index (κ3) is 3.09. The van der Waals surface area contributed by atoms with Crippen LogP contribution in [0.2, 0.25) is 0 Å². The Balaban J connectivity index is 1.82. The van der Waals surface area contributed by atoms with Crippen LogP contribution in [0.5, 0.6) is 0 Å². The summed E-state index contributed by atoms with van der Waals surface area (Å²) < 4.78 is 0. The van der Waals surface area contributed by atoms with Gasteiger partial charge in [0.25, 0.3) is 0 Å². The number of likely N-dealkylation sites (tertiary alicyclic amines) is 1. The predicted octanol–water partition coefficient (Wildman–Crippen LogP) is 3.17. The number of carbonyl (C=O) groups excluding carboxylic acids is 1. The maximum absolute atomic E-state index is 13.2. The van der Waals surface area contributed by atoms with Crippen molar-refractivity contribution in [1.29, 1.82) is 0 Å². The van der Waals surface area contributed by atoms with Crippen molar-refractivity contribution in [1.82, 2.24) is 4.90 Å². The number of benzene rings is 2. The molecule has 0 aliphatic carbocycles. The minimum atomic E-state index is -0.522. The van der Waals surface area contributed by atoms with Crippen LogP contribution in [0.25, 0.3) is 0 Å². The molecule has 0 saturated carbocycles. The molecule has 0 unspecified atom stereocenters. The topological polar surface area (TPSA) is 46.3 Å². The van der Waals surface area contributed by atoms with Crippen molar-refractivity contribution in [3.05, 3.63) is 71.8 Å². The number of nitrogens with zero attached hydrogens (tertiary/aromatic N) is 1. The maximum atomic E-state index is 13.2. The molecule has 0 radical (unpaired) electrons. The summed E-state index contributed by atoms with van der Waals surface area (Å²) >= 11 is 0. The molecule has 2 atom stereocenters. The first-order chi connectivity index (χ1) is 11.5. The van der Waals surface area contributed by atoms with E-state index in [2.05, 4.69) is 24.3 Å². The second kappa shape index (κ2) is 6.78. The highest BCUT2D eigenvalue weighted by atomic mass is 16.2. The van der Waals surface area contributed by atoms with Crippen LogP contribution in [0.15, 0.2) is 60.7 Å². The van der Waals surface area contributed by atoms with Gasteiger partial charge in [-0.2, -0.15) is 0 Å². The molecular weight excluding hydrogens is 296 g/mol. The summed E-state index contributed by atoms with van der Waals surface area (Å²) in [6.07, 6.45) is 0. The minimum Gasteiger partial charge on any atom is -0.341 e. The van der Waals surface area contributed by atoms with E-state index in [1.807, 2.05) is 55.1 Å². The Labute approximate surface area is 144 Å². The van der Waals surface area contributed by atoms with E-state index in [1.54, 1.807) is 0 Å². The van der Waals surface area contributed by atoms with E-state index < -0.39 is 5.41 Å². The van der Waals surface area contributed by atoms with Gasteiger partial charge in [-0.1, -0.05) is 60.7 Å². The standard InChI is InChI=1S/C21H26N2O/c1-21(2,18-11-7-4-8-12-18)20(24)23-14-17(13-22)19(15-23)16-9-5-3-6-10-16/h3-12,17,19H,13-15,22H2,1-2H3/t17-,19+/m1/s1. The van der Waals surface area contributed by atoms with Gasteiger partial charge >= 0.3 is 0 Å².